The topological polar surface area (TPSA) is 82.5 Å². The molecule has 0 N–H and O–H groups in total. The minimum atomic E-state index is -2.49. The summed E-state index contributed by atoms with van der Waals surface area (Å²) in [5.41, 5.74) is 5.57. The van der Waals surface area contributed by atoms with Crippen LogP contribution in [0.25, 0.3) is 27.8 Å². The maximum Gasteiger partial charge on any atom is 0.257 e. The van der Waals surface area contributed by atoms with Gasteiger partial charge >= 0.3 is 0 Å². The number of hydrogen-bond acceptors (Lipinski definition) is 5. The number of nitrogens with zero attached hydrogens (tertiary/aromatic N) is 7. The standard InChI is InChI=1S/C27H23F2N7O/c1-2-25(37)34-16-27(17-34)14-33(15-27)22-5-3-18(4-6-22)23-7-19(12-36-26(23)20(8-30)9-32-36)21-10-31-35(11-21)13-24(28)29/h2-7,9-12,24H,1,13-17H2. The van der Waals surface area contributed by atoms with Crippen LogP contribution in [0.15, 0.2) is 67.8 Å². The lowest BCUT2D eigenvalue weighted by atomic mass is 9.72. The predicted octanol–water partition coefficient (Wildman–Crippen LogP) is 3.84. The Balaban J connectivity index is 1.27. The zero-order valence-electron chi connectivity index (χ0n) is 19.9. The van der Waals surface area contributed by atoms with Gasteiger partial charge in [0.15, 0.2) is 0 Å². The highest BCUT2D eigenvalue weighted by atomic mass is 19.3. The van der Waals surface area contributed by atoms with Crippen molar-refractivity contribution >= 4 is 17.1 Å². The lowest BCUT2D eigenvalue weighted by molar-refractivity contribution is -0.139. The van der Waals surface area contributed by atoms with E-state index < -0.39 is 13.0 Å². The normalized spacial score (nSPS) is 16.1. The first-order valence-electron chi connectivity index (χ1n) is 11.9. The van der Waals surface area contributed by atoms with E-state index in [0.717, 1.165) is 48.6 Å². The van der Waals surface area contributed by atoms with Crippen LogP contribution in [0.5, 0.6) is 0 Å². The summed E-state index contributed by atoms with van der Waals surface area (Å²) in [6, 6.07) is 12.3. The molecule has 0 unspecified atom stereocenters. The molecule has 1 spiro atoms. The number of aromatic nitrogens is 4. The van der Waals surface area contributed by atoms with Crippen molar-refractivity contribution in [2.45, 2.75) is 13.0 Å². The number of carbonyl (C=O) groups excluding carboxylic acids is 1. The Morgan fingerprint density at radius 1 is 1.08 bits per heavy atom. The monoisotopic (exact) mass is 499 g/mol. The fourth-order valence-electron chi connectivity index (χ4n) is 5.38. The molecule has 10 heteroatoms. The summed E-state index contributed by atoms with van der Waals surface area (Å²) in [6.07, 6.45) is 5.30. The van der Waals surface area contributed by atoms with Gasteiger partial charge in [-0.25, -0.2) is 13.3 Å². The van der Waals surface area contributed by atoms with Crippen LogP contribution < -0.4 is 4.90 Å². The molecular formula is C27H23F2N7O. The van der Waals surface area contributed by atoms with E-state index in [1.54, 1.807) is 23.1 Å². The fraction of sp³-hybridized carbons (Fsp3) is 0.259. The minimum Gasteiger partial charge on any atom is -0.370 e. The Bertz CT molecular complexity index is 1550. The summed E-state index contributed by atoms with van der Waals surface area (Å²) < 4.78 is 28.4. The number of hydrogen-bond donors (Lipinski definition) is 0. The Morgan fingerprint density at radius 2 is 1.84 bits per heavy atom. The number of halogens is 2. The van der Waals surface area contributed by atoms with Crippen LogP contribution in [0.4, 0.5) is 14.5 Å². The van der Waals surface area contributed by atoms with Crippen molar-refractivity contribution in [3.05, 3.63) is 73.3 Å². The molecule has 5 heterocycles. The van der Waals surface area contributed by atoms with E-state index in [1.165, 1.54) is 17.0 Å². The molecule has 2 aliphatic heterocycles. The molecule has 2 saturated heterocycles. The summed E-state index contributed by atoms with van der Waals surface area (Å²) in [7, 11) is 0. The van der Waals surface area contributed by atoms with Gasteiger partial charge in [0.25, 0.3) is 6.43 Å². The summed E-state index contributed by atoms with van der Waals surface area (Å²) >= 11 is 0. The van der Waals surface area contributed by atoms with E-state index in [2.05, 4.69) is 39.9 Å². The Labute approximate surface area is 211 Å². The number of fused-ring (bicyclic) bond motifs is 1. The molecule has 4 aromatic rings. The highest BCUT2D eigenvalue weighted by molar-refractivity contribution is 5.89. The highest BCUT2D eigenvalue weighted by Crippen LogP contribution is 2.42. The van der Waals surface area contributed by atoms with Gasteiger partial charge in [-0.05, 0) is 29.8 Å². The zero-order chi connectivity index (χ0) is 25.7. The maximum atomic E-state index is 12.8. The van der Waals surface area contributed by atoms with Gasteiger partial charge in [-0.1, -0.05) is 18.7 Å². The Hall–Kier alpha value is -4.52. The van der Waals surface area contributed by atoms with Crippen molar-refractivity contribution in [1.82, 2.24) is 24.3 Å². The van der Waals surface area contributed by atoms with Crippen molar-refractivity contribution in [2.24, 2.45) is 5.41 Å². The molecule has 37 heavy (non-hydrogen) atoms. The second-order valence-corrected chi connectivity index (χ2v) is 9.75. The van der Waals surface area contributed by atoms with E-state index in [4.69, 9.17) is 0 Å². The molecule has 0 aliphatic carbocycles. The summed E-state index contributed by atoms with van der Waals surface area (Å²) in [4.78, 5) is 15.9. The van der Waals surface area contributed by atoms with Gasteiger partial charge in [0.2, 0.25) is 5.91 Å². The summed E-state index contributed by atoms with van der Waals surface area (Å²) in [5.74, 6) is -0.0139. The maximum absolute atomic E-state index is 12.8. The van der Waals surface area contributed by atoms with Crippen LogP contribution in [0, 0.1) is 16.7 Å². The average Bonchev–Trinajstić information content (AvgIpc) is 3.48. The first-order chi connectivity index (χ1) is 17.9. The molecule has 1 amide bonds. The number of nitriles is 1. The molecule has 2 aliphatic rings. The van der Waals surface area contributed by atoms with Crippen LogP contribution in [0.2, 0.25) is 0 Å². The van der Waals surface area contributed by atoms with Gasteiger partial charge in [-0.15, -0.1) is 0 Å². The largest absolute Gasteiger partial charge is 0.370 e. The highest BCUT2D eigenvalue weighted by Gasteiger charge is 2.52. The van der Waals surface area contributed by atoms with Crippen LogP contribution in [-0.4, -0.2) is 62.8 Å². The number of likely N-dealkylation sites (tertiary alicyclic amines) is 1. The molecule has 186 valence electrons. The van der Waals surface area contributed by atoms with Crippen LogP contribution in [0.3, 0.4) is 0 Å². The first kappa shape index (κ1) is 22.9. The number of carbonyl (C=O) groups is 1. The number of amides is 1. The van der Waals surface area contributed by atoms with Gasteiger partial charge in [-0.2, -0.15) is 15.5 Å². The predicted molar refractivity (Wildman–Crippen MR) is 134 cm³/mol. The third kappa shape index (κ3) is 3.93. The van der Waals surface area contributed by atoms with Crippen molar-refractivity contribution < 1.29 is 13.6 Å². The zero-order valence-corrected chi connectivity index (χ0v) is 19.9. The average molecular weight is 500 g/mol. The molecule has 8 nitrogen and oxygen atoms in total. The lowest BCUT2D eigenvalue weighted by Gasteiger charge is -2.60. The second-order valence-electron chi connectivity index (χ2n) is 9.75. The molecule has 3 aromatic heterocycles. The van der Waals surface area contributed by atoms with E-state index in [9.17, 15) is 18.8 Å². The number of anilines is 1. The molecule has 0 atom stereocenters. The lowest BCUT2D eigenvalue weighted by Crippen LogP contribution is -2.73. The van der Waals surface area contributed by atoms with Gasteiger partial charge in [0.1, 0.15) is 12.6 Å². The quantitative estimate of drug-likeness (QED) is 0.377. The van der Waals surface area contributed by atoms with E-state index >= 15 is 0 Å². The smallest absolute Gasteiger partial charge is 0.257 e. The molecule has 0 bridgehead atoms. The molecule has 0 saturated carbocycles. The van der Waals surface area contributed by atoms with E-state index in [1.807, 2.05) is 23.1 Å². The molecule has 2 fully saturated rings. The third-order valence-corrected chi connectivity index (χ3v) is 7.16. The van der Waals surface area contributed by atoms with Crippen LogP contribution >= 0.6 is 0 Å². The number of rotatable bonds is 6. The Morgan fingerprint density at radius 3 is 2.51 bits per heavy atom. The van der Waals surface area contributed by atoms with Crippen molar-refractivity contribution in [2.75, 3.05) is 31.1 Å². The van der Waals surface area contributed by atoms with Crippen molar-refractivity contribution in [1.29, 1.82) is 5.26 Å². The Kier molecular flexibility index (Phi) is 5.30. The van der Waals surface area contributed by atoms with E-state index in [-0.39, 0.29) is 11.3 Å². The van der Waals surface area contributed by atoms with Gasteiger partial charge in [0, 0.05) is 66.4 Å². The SMILES string of the molecule is C=CC(=O)N1CC2(C1)CN(c1ccc(-c3cc(-c4cnn(CC(F)F)c4)cn4ncc(C#N)c34)cc1)C2. The van der Waals surface area contributed by atoms with Gasteiger partial charge in [0.05, 0.1) is 23.5 Å². The van der Waals surface area contributed by atoms with Crippen LogP contribution in [-0.2, 0) is 11.3 Å². The number of pyridine rings is 1. The molecule has 0 radical (unpaired) electrons. The van der Waals surface area contributed by atoms with Gasteiger partial charge < -0.3 is 9.80 Å². The van der Waals surface area contributed by atoms with Gasteiger partial charge in [-0.3, -0.25) is 9.48 Å². The molecule has 6 rings (SSSR count). The van der Waals surface area contributed by atoms with E-state index in [0.29, 0.717) is 16.6 Å². The number of alkyl halides is 2. The summed E-state index contributed by atoms with van der Waals surface area (Å²) in [6.45, 7) is 6.41. The second kappa shape index (κ2) is 8.55. The molecule has 1 aromatic carbocycles. The minimum absolute atomic E-state index is 0.0139. The van der Waals surface area contributed by atoms with Crippen molar-refractivity contribution in [3.63, 3.8) is 0 Å². The van der Waals surface area contributed by atoms with Crippen molar-refractivity contribution in [3.8, 4) is 28.3 Å². The van der Waals surface area contributed by atoms with Crippen LogP contribution in [0.1, 0.15) is 5.56 Å². The summed E-state index contributed by atoms with van der Waals surface area (Å²) in [5, 5.41) is 18.0. The number of benzene rings is 1. The molecular weight excluding hydrogens is 476 g/mol. The third-order valence-electron chi connectivity index (χ3n) is 7.16. The first-order valence-corrected chi connectivity index (χ1v) is 11.9. The fourth-order valence-corrected chi connectivity index (χ4v) is 5.38.